The van der Waals surface area contributed by atoms with Gasteiger partial charge in [-0.25, -0.2) is 18.7 Å². The number of hydrogen-bond acceptors (Lipinski definition) is 13. The summed E-state index contributed by atoms with van der Waals surface area (Å²) in [6, 6.07) is 0. The average Bonchev–Trinajstić information content (AvgIpc) is 2.83. The maximum Gasteiger partial charge on any atom is 0.490 e. The number of aliphatic hydroxyl groups is 2. The Bertz CT molecular complexity index is 1020. The first-order chi connectivity index (χ1) is 14.5. The minimum atomic E-state index is -5.82. The van der Waals surface area contributed by atoms with Gasteiger partial charge in [-0.1, -0.05) is 11.7 Å². The SMILES string of the molecule is C=C1N=C(N)C=CN1[C@@H]1O[C@@](COP(=O)(O)OP(=O)(O)OP(=O)(O)O)(N=[N+]=[N-])[C@@H](O)[C@H]1O. The van der Waals surface area contributed by atoms with Gasteiger partial charge in [0, 0.05) is 11.1 Å². The molecule has 180 valence electrons. The molecule has 2 heterocycles. The summed E-state index contributed by atoms with van der Waals surface area (Å²) < 4.78 is 50.8. The number of phosphoric acid groups is 3. The number of amidine groups is 1. The summed E-state index contributed by atoms with van der Waals surface area (Å²) in [5.41, 5.74) is 11.7. The maximum absolute atomic E-state index is 11.9. The summed E-state index contributed by atoms with van der Waals surface area (Å²) in [5.74, 6) is -0.0147. The molecule has 22 heteroatoms. The molecule has 0 aliphatic carbocycles. The van der Waals surface area contributed by atoms with Gasteiger partial charge >= 0.3 is 23.5 Å². The summed E-state index contributed by atoms with van der Waals surface area (Å²) in [6.45, 7) is 2.20. The lowest BCUT2D eigenvalue weighted by atomic mass is 10.1. The van der Waals surface area contributed by atoms with Crippen LogP contribution in [-0.4, -0.2) is 71.3 Å². The average molecular weight is 522 g/mol. The van der Waals surface area contributed by atoms with Crippen LogP contribution in [0.5, 0.6) is 0 Å². The first kappa shape index (κ1) is 26.6. The van der Waals surface area contributed by atoms with E-state index in [0.29, 0.717) is 0 Å². The predicted octanol–water partition coefficient (Wildman–Crippen LogP) is -0.928. The zero-order valence-electron chi connectivity index (χ0n) is 15.5. The summed E-state index contributed by atoms with van der Waals surface area (Å²) in [7, 11) is -17.1. The fourth-order valence-corrected chi connectivity index (χ4v) is 5.54. The minimum absolute atomic E-state index is 0.0493. The number of phosphoric ester groups is 1. The number of rotatable bonds is 9. The lowest BCUT2D eigenvalue weighted by Gasteiger charge is -2.31. The predicted molar refractivity (Wildman–Crippen MR) is 100 cm³/mol. The lowest BCUT2D eigenvalue weighted by Crippen LogP contribution is -2.45. The van der Waals surface area contributed by atoms with Gasteiger partial charge in [-0.2, -0.15) is 8.62 Å². The van der Waals surface area contributed by atoms with Crippen molar-refractivity contribution < 1.29 is 61.4 Å². The van der Waals surface area contributed by atoms with E-state index in [1.165, 1.54) is 12.3 Å². The summed E-state index contributed by atoms with van der Waals surface area (Å²) >= 11 is 0. The number of aliphatic hydroxyl groups excluding tert-OH is 2. The third kappa shape index (κ3) is 6.45. The van der Waals surface area contributed by atoms with Crippen LogP contribution in [0.15, 0.2) is 34.8 Å². The van der Waals surface area contributed by atoms with Crippen molar-refractivity contribution in [3.05, 3.63) is 35.1 Å². The van der Waals surface area contributed by atoms with Crippen LogP contribution in [0, 0.1) is 0 Å². The van der Waals surface area contributed by atoms with Crippen molar-refractivity contribution in [3.63, 3.8) is 0 Å². The van der Waals surface area contributed by atoms with Crippen molar-refractivity contribution in [1.29, 1.82) is 0 Å². The third-order valence-electron chi connectivity index (χ3n) is 3.70. The normalized spacial score (nSPS) is 32.1. The molecule has 1 fully saturated rings. The van der Waals surface area contributed by atoms with Crippen molar-refractivity contribution in [2.24, 2.45) is 15.8 Å². The second-order valence-electron chi connectivity index (χ2n) is 6.02. The smallest absolute Gasteiger partial charge is 0.387 e. The molecule has 0 amide bonds. The Morgan fingerprint density at radius 1 is 1.28 bits per heavy atom. The van der Waals surface area contributed by atoms with E-state index in [4.69, 9.17) is 30.7 Å². The van der Waals surface area contributed by atoms with Gasteiger partial charge in [-0.05, 0) is 11.6 Å². The Morgan fingerprint density at radius 3 is 2.44 bits per heavy atom. The first-order valence-electron chi connectivity index (χ1n) is 7.89. The van der Waals surface area contributed by atoms with Crippen molar-refractivity contribution >= 4 is 29.3 Å². The highest BCUT2D eigenvalue weighted by Crippen LogP contribution is 2.66. The largest absolute Gasteiger partial charge is 0.490 e. The van der Waals surface area contributed by atoms with E-state index < -0.39 is 54.2 Å². The molecule has 0 bridgehead atoms. The molecule has 2 aliphatic heterocycles. The molecule has 0 aromatic heterocycles. The van der Waals surface area contributed by atoms with Gasteiger partial charge in [0.15, 0.2) is 6.23 Å². The summed E-state index contributed by atoms with van der Waals surface area (Å²) in [6.07, 6.45) is -2.95. The Morgan fingerprint density at radius 2 is 1.91 bits per heavy atom. The van der Waals surface area contributed by atoms with E-state index in [1.54, 1.807) is 0 Å². The summed E-state index contributed by atoms with van der Waals surface area (Å²) in [4.78, 5) is 43.0. The van der Waals surface area contributed by atoms with Crippen LogP contribution in [-0.2, 0) is 31.6 Å². The van der Waals surface area contributed by atoms with Gasteiger partial charge in [0.25, 0.3) is 0 Å². The molecule has 2 rings (SSSR count). The Labute approximate surface area is 178 Å². The molecule has 8 N–H and O–H groups in total. The molecule has 19 nitrogen and oxygen atoms in total. The van der Waals surface area contributed by atoms with E-state index in [2.05, 4.69) is 34.7 Å². The van der Waals surface area contributed by atoms with Crippen molar-refractivity contribution in [1.82, 2.24) is 4.90 Å². The van der Waals surface area contributed by atoms with Crippen molar-refractivity contribution in [2.45, 2.75) is 24.2 Å². The summed E-state index contributed by atoms with van der Waals surface area (Å²) in [5, 5.41) is 23.8. The molecular weight excluding hydrogens is 505 g/mol. The zero-order chi connectivity index (χ0) is 24.5. The van der Waals surface area contributed by atoms with E-state index in [0.717, 1.165) is 4.90 Å². The standard InChI is InChI=1S/C10H17N6O13P3/c1-5-13-6(11)2-3-16(5)9-7(17)8(18)10(27-9,14-15-12)4-26-31(22,23)29-32(24,25)28-30(19,20)21/h2-3,7-9,17-18H,1,4H2,(H2,11,13)(H,22,23)(H,24,25)(H2,19,20,21)/t7-,8+,9-,10-/m1/s1. The molecule has 0 aromatic carbocycles. The van der Waals surface area contributed by atoms with Crippen LogP contribution in [0.3, 0.4) is 0 Å². The van der Waals surface area contributed by atoms with Gasteiger partial charge in [0.05, 0.1) is 6.61 Å². The number of ether oxygens (including phenoxy) is 1. The Hall–Kier alpha value is -1.65. The molecule has 2 unspecified atom stereocenters. The zero-order valence-corrected chi connectivity index (χ0v) is 18.2. The first-order valence-corrected chi connectivity index (χ1v) is 12.4. The fourth-order valence-electron chi connectivity index (χ4n) is 2.50. The monoisotopic (exact) mass is 522 g/mol. The number of nitrogens with zero attached hydrogens (tertiary/aromatic N) is 5. The lowest BCUT2D eigenvalue weighted by molar-refractivity contribution is -0.129. The van der Waals surface area contributed by atoms with Crippen molar-refractivity contribution in [2.75, 3.05) is 6.61 Å². The highest BCUT2D eigenvalue weighted by atomic mass is 31.3. The van der Waals surface area contributed by atoms with Gasteiger partial charge < -0.3 is 45.2 Å². The number of nitrogens with two attached hydrogens (primary N) is 1. The second-order valence-corrected chi connectivity index (χ2v) is 10.4. The van der Waals surface area contributed by atoms with E-state index in [-0.39, 0.29) is 11.7 Å². The van der Waals surface area contributed by atoms with Crippen LogP contribution in [0.2, 0.25) is 0 Å². The molecule has 2 aliphatic rings. The van der Waals surface area contributed by atoms with E-state index >= 15 is 0 Å². The second kappa shape index (κ2) is 9.30. The molecule has 0 aromatic rings. The molecule has 0 saturated carbocycles. The molecule has 0 radical (unpaired) electrons. The Balaban J connectivity index is 2.22. The maximum atomic E-state index is 11.9. The van der Waals surface area contributed by atoms with Crippen molar-refractivity contribution in [3.8, 4) is 0 Å². The van der Waals surface area contributed by atoms with E-state index in [9.17, 15) is 28.8 Å². The number of aliphatic imine (C=N–C) groups is 1. The fraction of sp³-hybridized carbons (Fsp3) is 0.500. The van der Waals surface area contributed by atoms with Crippen LogP contribution < -0.4 is 5.73 Å². The van der Waals surface area contributed by atoms with Crippen LogP contribution >= 0.6 is 23.5 Å². The molecule has 1 saturated heterocycles. The quantitative estimate of drug-likeness (QED) is 0.0833. The van der Waals surface area contributed by atoms with Gasteiger partial charge in [0.1, 0.15) is 23.9 Å². The number of azide groups is 1. The van der Waals surface area contributed by atoms with Gasteiger partial charge in [-0.3, -0.25) is 4.52 Å². The third-order valence-corrected chi connectivity index (χ3v) is 7.49. The Kier molecular flexibility index (Phi) is 7.74. The minimum Gasteiger partial charge on any atom is -0.387 e. The highest BCUT2D eigenvalue weighted by Gasteiger charge is 2.57. The number of hydrogen-bond donors (Lipinski definition) is 7. The van der Waals surface area contributed by atoms with Crippen LogP contribution in [0.1, 0.15) is 0 Å². The van der Waals surface area contributed by atoms with E-state index in [1.807, 2.05) is 0 Å². The molecule has 0 spiro atoms. The molecule has 6 atom stereocenters. The molecular formula is C10H17N6O13P3. The van der Waals surface area contributed by atoms with Crippen LogP contribution in [0.4, 0.5) is 0 Å². The molecule has 32 heavy (non-hydrogen) atoms. The van der Waals surface area contributed by atoms with Gasteiger partial charge in [-0.15, -0.1) is 0 Å². The highest BCUT2D eigenvalue weighted by molar-refractivity contribution is 7.66. The van der Waals surface area contributed by atoms with Crippen LogP contribution in [0.25, 0.3) is 10.4 Å². The van der Waals surface area contributed by atoms with Gasteiger partial charge in [0.2, 0.25) is 5.72 Å². The topological polar surface area (TPSA) is 300 Å².